The van der Waals surface area contributed by atoms with Gasteiger partial charge in [0.2, 0.25) is 0 Å². The fraction of sp³-hybridized carbons (Fsp3) is 0.667. The Hall–Kier alpha value is -0.860. The largest absolute Gasteiger partial charge is 0.319 e. The third kappa shape index (κ3) is 3.24. The molecule has 1 aliphatic heterocycles. The van der Waals surface area contributed by atoms with E-state index in [1.807, 2.05) is 0 Å². The summed E-state index contributed by atoms with van der Waals surface area (Å²) in [5.74, 6) is 0.721. The Labute approximate surface area is 124 Å². The van der Waals surface area contributed by atoms with Crippen molar-refractivity contribution in [3.8, 4) is 0 Å². The SMILES string of the molecule is CNCC1CCCN(C(C)C)C1c1ccc(C)c(C)c1. The Morgan fingerprint density at radius 1 is 1.25 bits per heavy atom. The number of aryl methyl sites for hydroxylation is 2. The van der Waals surface area contributed by atoms with Gasteiger partial charge in [-0.1, -0.05) is 18.2 Å². The molecule has 1 aromatic rings. The van der Waals surface area contributed by atoms with Crippen molar-refractivity contribution >= 4 is 0 Å². The number of likely N-dealkylation sites (tertiary alicyclic amines) is 1. The second-order valence-electron chi connectivity index (χ2n) is 6.58. The van der Waals surface area contributed by atoms with E-state index in [0.29, 0.717) is 12.1 Å². The van der Waals surface area contributed by atoms with Crippen molar-refractivity contribution in [2.24, 2.45) is 5.92 Å². The topological polar surface area (TPSA) is 15.3 Å². The average molecular weight is 274 g/mol. The molecule has 2 nitrogen and oxygen atoms in total. The lowest BCUT2D eigenvalue weighted by Crippen LogP contribution is -2.45. The van der Waals surface area contributed by atoms with Crippen LogP contribution < -0.4 is 5.32 Å². The summed E-state index contributed by atoms with van der Waals surface area (Å²) >= 11 is 0. The van der Waals surface area contributed by atoms with Crippen molar-refractivity contribution in [3.05, 3.63) is 34.9 Å². The van der Waals surface area contributed by atoms with Gasteiger partial charge in [0.05, 0.1) is 0 Å². The minimum absolute atomic E-state index is 0.565. The molecule has 0 radical (unpaired) electrons. The van der Waals surface area contributed by atoms with E-state index in [1.165, 1.54) is 36.1 Å². The van der Waals surface area contributed by atoms with Gasteiger partial charge in [0.1, 0.15) is 0 Å². The Balaban J connectivity index is 2.35. The summed E-state index contributed by atoms with van der Waals surface area (Å²) in [6.07, 6.45) is 2.66. The molecule has 0 aliphatic carbocycles. The van der Waals surface area contributed by atoms with Crippen LogP contribution in [0.5, 0.6) is 0 Å². The van der Waals surface area contributed by atoms with Crippen molar-refractivity contribution < 1.29 is 0 Å². The maximum Gasteiger partial charge on any atom is 0.0391 e. The lowest BCUT2D eigenvalue weighted by Gasteiger charge is -2.44. The van der Waals surface area contributed by atoms with Gasteiger partial charge >= 0.3 is 0 Å². The van der Waals surface area contributed by atoms with Crippen LogP contribution in [0.3, 0.4) is 0 Å². The van der Waals surface area contributed by atoms with Gasteiger partial charge in [-0.05, 0) is 83.3 Å². The van der Waals surface area contributed by atoms with Gasteiger partial charge in [-0.15, -0.1) is 0 Å². The number of rotatable bonds is 4. The van der Waals surface area contributed by atoms with Crippen molar-refractivity contribution in [3.63, 3.8) is 0 Å². The van der Waals surface area contributed by atoms with Crippen molar-refractivity contribution in [1.29, 1.82) is 0 Å². The van der Waals surface area contributed by atoms with E-state index in [4.69, 9.17) is 0 Å². The smallest absolute Gasteiger partial charge is 0.0391 e. The number of benzene rings is 1. The first-order valence-electron chi connectivity index (χ1n) is 8.02. The Morgan fingerprint density at radius 2 is 2.00 bits per heavy atom. The highest BCUT2D eigenvalue weighted by Crippen LogP contribution is 2.37. The molecular formula is C18H30N2. The lowest BCUT2D eigenvalue weighted by atomic mass is 9.83. The maximum absolute atomic E-state index is 3.40. The zero-order chi connectivity index (χ0) is 14.7. The highest BCUT2D eigenvalue weighted by Gasteiger charge is 2.33. The molecule has 2 unspecified atom stereocenters. The van der Waals surface area contributed by atoms with Crippen molar-refractivity contribution in [1.82, 2.24) is 10.2 Å². The zero-order valence-electron chi connectivity index (χ0n) is 13.7. The van der Waals surface area contributed by atoms with Gasteiger partial charge < -0.3 is 5.32 Å². The third-order valence-corrected chi connectivity index (χ3v) is 4.80. The second-order valence-corrected chi connectivity index (χ2v) is 6.58. The maximum atomic E-state index is 3.40. The molecule has 1 fully saturated rings. The van der Waals surface area contributed by atoms with Crippen molar-refractivity contribution in [2.75, 3.05) is 20.1 Å². The number of hydrogen-bond acceptors (Lipinski definition) is 2. The first kappa shape index (κ1) is 15.5. The summed E-state index contributed by atoms with van der Waals surface area (Å²) in [5.41, 5.74) is 4.31. The quantitative estimate of drug-likeness (QED) is 0.901. The Bertz CT molecular complexity index is 437. The number of nitrogens with one attached hydrogen (secondary N) is 1. The molecule has 1 aliphatic rings. The molecule has 0 spiro atoms. The highest BCUT2D eigenvalue weighted by atomic mass is 15.2. The molecule has 0 aromatic heterocycles. The first-order chi connectivity index (χ1) is 9.54. The second kappa shape index (κ2) is 6.73. The molecule has 2 rings (SSSR count). The fourth-order valence-electron chi connectivity index (χ4n) is 3.57. The fourth-order valence-corrected chi connectivity index (χ4v) is 3.57. The molecule has 0 amide bonds. The van der Waals surface area contributed by atoms with E-state index in [2.05, 4.69) is 63.2 Å². The zero-order valence-corrected chi connectivity index (χ0v) is 13.7. The molecule has 1 heterocycles. The van der Waals surface area contributed by atoms with Crippen LogP contribution in [0, 0.1) is 19.8 Å². The van der Waals surface area contributed by atoms with Crippen LogP contribution in [-0.2, 0) is 0 Å². The summed E-state index contributed by atoms with van der Waals surface area (Å²) in [6.45, 7) is 11.4. The summed E-state index contributed by atoms with van der Waals surface area (Å²) in [4.78, 5) is 2.69. The molecule has 1 saturated heterocycles. The minimum atomic E-state index is 0.565. The van der Waals surface area contributed by atoms with Gasteiger partial charge in [0.25, 0.3) is 0 Å². The predicted molar refractivity (Wildman–Crippen MR) is 87.1 cm³/mol. The molecule has 0 bridgehead atoms. The average Bonchev–Trinajstić information content (AvgIpc) is 2.42. The normalized spacial score (nSPS) is 24.3. The van der Waals surface area contributed by atoms with Crippen LogP contribution in [0.25, 0.3) is 0 Å². The number of hydrogen-bond donors (Lipinski definition) is 1. The predicted octanol–water partition coefficient (Wildman–Crippen LogP) is 3.68. The summed E-state index contributed by atoms with van der Waals surface area (Å²) in [5, 5.41) is 3.40. The molecular weight excluding hydrogens is 244 g/mol. The summed E-state index contributed by atoms with van der Waals surface area (Å²) in [7, 11) is 2.08. The van der Waals surface area contributed by atoms with Crippen LogP contribution in [-0.4, -0.2) is 31.1 Å². The summed E-state index contributed by atoms with van der Waals surface area (Å²) < 4.78 is 0. The molecule has 0 saturated carbocycles. The van der Waals surface area contributed by atoms with E-state index in [9.17, 15) is 0 Å². The Kier molecular flexibility index (Phi) is 5.22. The third-order valence-electron chi connectivity index (χ3n) is 4.80. The van der Waals surface area contributed by atoms with Crippen LogP contribution in [0.2, 0.25) is 0 Å². The van der Waals surface area contributed by atoms with Crippen LogP contribution in [0.4, 0.5) is 0 Å². The number of nitrogens with zero attached hydrogens (tertiary/aromatic N) is 1. The molecule has 112 valence electrons. The van der Waals surface area contributed by atoms with E-state index >= 15 is 0 Å². The molecule has 1 aromatic carbocycles. The van der Waals surface area contributed by atoms with Crippen LogP contribution in [0.15, 0.2) is 18.2 Å². The van der Waals surface area contributed by atoms with Gasteiger partial charge in [0.15, 0.2) is 0 Å². The van der Waals surface area contributed by atoms with E-state index in [1.54, 1.807) is 0 Å². The monoisotopic (exact) mass is 274 g/mol. The van der Waals surface area contributed by atoms with Gasteiger partial charge in [-0.25, -0.2) is 0 Å². The molecule has 1 N–H and O–H groups in total. The lowest BCUT2D eigenvalue weighted by molar-refractivity contribution is 0.0636. The minimum Gasteiger partial charge on any atom is -0.319 e. The highest BCUT2D eigenvalue weighted by molar-refractivity contribution is 5.32. The van der Waals surface area contributed by atoms with Crippen molar-refractivity contribution in [2.45, 2.75) is 52.6 Å². The van der Waals surface area contributed by atoms with Gasteiger partial charge in [-0.3, -0.25) is 4.90 Å². The van der Waals surface area contributed by atoms with E-state index < -0.39 is 0 Å². The molecule has 20 heavy (non-hydrogen) atoms. The van der Waals surface area contributed by atoms with Crippen LogP contribution in [0.1, 0.15) is 49.4 Å². The number of piperidine rings is 1. The van der Waals surface area contributed by atoms with Crippen LogP contribution >= 0.6 is 0 Å². The standard InChI is InChI=1S/C18H30N2/c1-13(2)20-10-6-7-17(12-19-5)18(20)16-9-8-14(3)15(4)11-16/h8-9,11,13,17-19H,6-7,10,12H2,1-5H3. The van der Waals surface area contributed by atoms with E-state index in [0.717, 1.165) is 12.5 Å². The molecule has 2 atom stereocenters. The Morgan fingerprint density at radius 3 is 2.60 bits per heavy atom. The van der Waals surface area contributed by atoms with Gasteiger partial charge in [0, 0.05) is 12.1 Å². The van der Waals surface area contributed by atoms with E-state index in [-0.39, 0.29) is 0 Å². The van der Waals surface area contributed by atoms with Gasteiger partial charge in [-0.2, -0.15) is 0 Å². The first-order valence-corrected chi connectivity index (χ1v) is 8.02. The molecule has 2 heteroatoms. The summed E-state index contributed by atoms with van der Waals surface area (Å²) in [6, 6.07) is 8.21.